The van der Waals surface area contributed by atoms with Gasteiger partial charge in [-0.1, -0.05) is 20.8 Å². The second kappa shape index (κ2) is 3.58. The number of amides is 1. The van der Waals surface area contributed by atoms with E-state index in [9.17, 15) is 4.79 Å². The molecule has 1 fully saturated rings. The van der Waals surface area contributed by atoms with Crippen LogP contribution in [0.2, 0.25) is 0 Å². The maximum absolute atomic E-state index is 11.7. The maximum atomic E-state index is 11.7. The van der Waals surface area contributed by atoms with Gasteiger partial charge in [0.2, 0.25) is 5.91 Å². The smallest absolute Gasteiger partial charge is 0.240 e. The Morgan fingerprint density at radius 2 is 2.07 bits per heavy atom. The standard InChI is InChI=1S/C10H17N3O/c1-10(2,3)8(12)9(14)13-5-7(4-11)6-13/h7-8H,5-6,12H2,1-3H3. The van der Waals surface area contributed by atoms with Gasteiger partial charge in [-0.3, -0.25) is 4.79 Å². The summed E-state index contributed by atoms with van der Waals surface area (Å²) in [5.41, 5.74) is 5.60. The van der Waals surface area contributed by atoms with Crippen molar-refractivity contribution in [2.45, 2.75) is 26.8 Å². The second-order valence-corrected chi connectivity index (χ2v) is 4.91. The molecule has 0 saturated carbocycles. The lowest BCUT2D eigenvalue weighted by atomic mass is 9.85. The summed E-state index contributed by atoms with van der Waals surface area (Å²) in [6, 6.07) is 1.66. The largest absolute Gasteiger partial charge is 0.339 e. The first-order valence-corrected chi connectivity index (χ1v) is 4.80. The van der Waals surface area contributed by atoms with Crippen molar-refractivity contribution in [3.63, 3.8) is 0 Å². The molecule has 0 spiro atoms. The number of nitriles is 1. The van der Waals surface area contributed by atoms with Crippen LogP contribution in [0.15, 0.2) is 0 Å². The number of nitrogens with zero attached hydrogens (tertiary/aromatic N) is 2. The second-order valence-electron chi connectivity index (χ2n) is 4.91. The van der Waals surface area contributed by atoms with Crippen molar-refractivity contribution in [2.75, 3.05) is 13.1 Å². The van der Waals surface area contributed by atoms with Crippen molar-refractivity contribution in [1.82, 2.24) is 4.90 Å². The third-order valence-electron chi connectivity index (χ3n) is 2.57. The lowest BCUT2D eigenvalue weighted by molar-refractivity contribution is -0.140. The van der Waals surface area contributed by atoms with Crippen LogP contribution in [-0.2, 0) is 4.79 Å². The van der Waals surface area contributed by atoms with Crippen molar-refractivity contribution in [2.24, 2.45) is 17.1 Å². The van der Waals surface area contributed by atoms with E-state index in [0.717, 1.165) is 0 Å². The molecule has 0 aliphatic carbocycles. The van der Waals surface area contributed by atoms with Gasteiger partial charge in [-0.2, -0.15) is 5.26 Å². The van der Waals surface area contributed by atoms with E-state index in [4.69, 9.17) is 11.0 Å². The molecule has 4 nitrogen and oxygen atoms in total. The predicted octanol–water partition coefficient (Wildman–Crippen LogP) is 0.342. The first kappa shape index (κ1) is 11.0. The summed E-state index contributed by atoms with van der Waals surface area (Å²) in [5.74, 6) is -0.0323. The summed E-state index contributed by atoms with van der Waals surface area (Å²) in [5, 5.41) is 8.56. The molecule has 1 aliphatic heterocycles. The zero-order valence-electron chi connectivity index (χ0n) is 8.95. The molecule has 0 radical (unpaired) electrons. The molecule has 0 aromatic rings. The Bertz CT molecular complexity index is 268. The number of carbonyl (C=O) groups excluding carboxylic acids is 1. The fraction of sp³-hybridized carbons (Fsp3) is 0.800. The Balaban J connectivity index is 2.49. The molecule has 1 rings (SSSR count). The van der Waals surface area contributed by atoms with Crippen molar-refractivity contribution in [3.05, 3.63) is 0 Å². The third-order valence-corrected chi connectivity index (χ3v) is 2.57. The number of nitrogens with two attached hydrogens (primary N) is 1. The van der Waals surface area contributed by atoms with Gasteiger partial charge in [-0.15, -0.1) is 0 Å². The Morgan fingerprint density at radius 3 is 2.43 bits per heavy atom. The number of likely N-dealkylation sites (tertiary alicyclic amines) is 1. The van der Waals surface area contributed by atoms with Crippen molar-refractivity contribution in [3.8, 4) is 6.07 Å². The molecule has 78 valence electrons. The molecule has 1 amide bonds. The van der Waals surface area contributed by atoms with Gasteiger partial charge in [0.05, 0.1) is 18.0 Å². The molecule has 1 aliphatic rings. The normalized spacial score (nSPS) is 19.8. The molecule has 0 aromatic carbocycles. The van der Waals surface area contributed by atoms with Crippen LogP contribution in [-0.4, -0.2) is 29.9 Å². The summed E-state index contributed by atoms with van der Waals surface area (Å²) in [6.45, 7) is 6.91. The molecular formula is C10H17N3O. The highest BCUT2D eigenvalue weighted by atomic mass is 16.2. The highest BCUT2D eigenvalue weighted by molar-refractivity contribution is 5.83. The van der Waals surface area contributed by atoms with E-state index in [1.807, 2.05) is 20.8 Å². The minimum Gasteiger partial charge on any atom is -0.339 e. The molecular weight excluding hydrogens is 178 g/mol. The fourth-order valence-corrected chi connectivity index (χ4v) is 1.31. The molecule has 0 aromatic heterocycles. The highest BCUT2D eigenvalue weighted by Gasteiger charge is 2.37. The van der Waals surface area contributed by atoms with Crippen LogP contribution < -0.4 is 5.73 Å². The van der Waals surface area contributed by atoms with E-state index >= 15 is 0 Å². The molecule has 0 bridgehead atoms. The third kappa shape index (κ3) is 2.05. The van der Waals surface area contributed by atoms with Crippen LogP contribution in [0.4, 0.5) is 0 Å². The first-order valence-electron chi connectivity index (χ1n) is 4.80. The van der Waals surface area contributed by atoms with Gasteiger partial charge in [0.15, 0.2) is 0 Å². The lowest BCUT2D eigenvalue weighted by Crippen LogP contribution is -2.57. The minimum absolute atomic E-state index is 0.00567. The maximum Gasteiger partial charge on any atom is 0.240 e. The number of carbonyl (C=O) groups is 1. The van der Waals surface area contributed by atoms with Gasteiger partial charge >= 0.3 is 0 Å². The van der Waals surface area contributed by atoms with Crippen LogP contribution in [0, 0.1) is 22.7 Å². The molecule has 2 N–H and O–H groups in total. The van der Waals surface area contributed by atoms with E-state index in [1.165, 1.54) is 0 Å². The summed E-state index contributed by atoms with van der Waals surface area (Å²) >= 11 is 0. The summed E-state index contributed by atoms with van der Waals surface area (Å²) in [6.07, 6.45) is 0. The van der Waals surface area contributed by atoms with Gasteiger partial charge in [0.1, 0.15) is 0 Å². The Kier molecular flexibility index (Phi) is 2.81. The quantitative estimate of drug-likeness (QED) is 0.656. The van der Waals surface area contributed by atoms with Crippen LogP contribution >= 0.6 is 0 Å². The first-order chi connectivity index (χ1) is 6.36. The number of hydrogen-bond donors (Lipinski definition) is 1. The van der Waals surface area contributed by atoms with E-state index in [1.54, 1.807) is 4.90 Å². The SMILES string of the molecule is CC(C)(C)C(N)C(=O)N1CC(C#N)C1. The number of rotatable bonds is 1. The van der Waals surface area contributed by atoms with E-state index in [0.29, 0.717) is 13.1 Å². The molecule has 1 atom stereocenters. The molecule has 1 saturated heterocycles. The van der Waals surface area contributed by atoms with Crippen LogP contribution in [0.5, 0.6) is 0 Å². The van der Waals surface area contributed by atoms with E-state index in [-0.39, 0.29) is 17.2 Å². The van der Waals surface area contributed by atoms with Crippen LogP contribution in [0.3, 0.4) is 0 Å². The van der Waals surface area contributed by atoms with Gasteiger partial charge in [0, 0.05) is 13.1 Å². The van der Waals surface area contributed by atoms with Gasteiger partial charge in [0.25, 0.3) is 0 Å². The van der Waals surface area contributed by atoms with Gasteiger partial charge in [-0.25, -0.2) is 0 Å². The lowest BCUT2D eigenvalue weighted by Gasteiger charge is -2.39. The number of hydrogen-bond acceptors (Lipinski definition) is 3. The molecule has 1 unspecified atom stereocenters. The summed E-state index contributed by atoms with van der Waals surface area (Å²) < 4.78 is 0. The zero-order chi connectivity index (χ0) is 10.9. The van der Waals surface area contributed by atoms with Crippen molar-refractivity contribution in [1.29, 1.82) is 5.26 Å². The van der Waals surface area contributed by atoms with Crippen molar-refractivity contribution < 1.29 is 4.79 Å². The van der Waals surface area contributed by atoms with Gasteiger partial charge < -0.3 is 10.6 Å². The van der Waals surface area contributed by atoms with E-state index < -0.39 is 6.04 Å². The Morgan fingerprint density at radius 1 is 1.57 bits per heavy atom. The predicted molar refractivity (Wildman–Crippen MR) is 53.1 cm³/mol. The van der Waals surface area contributed by atoms with Crippen LogP contribution in [0.1, 0.15) is 20.8 Å². The van der Waals surface area contributed by atoms with Crippen LogP contribution in [0.25, 0.3) is 0 Å². The monoisotopic (exact) mass is 195 g/mol. The minimum atomic E-state index is -0.470. The Labute approximate surface area is 84.7 Å². The average Bonchev–Trinajstić information content (AvgIpc) is 1.99. The van der Waals surface area contributed by atoms with Crippen molar-refractivity contribution >= 4 is 5.91 Å². The molecule has 1 heterocycles. The molecule has 14 heavy (non-hydrogen) atoms. The summed E-state index contributed by atoms with van der Waals surface area (Å²) in [7, 11) is 0. The summed E-state index contributed by atoms with van der Waals surface area (Å²) in [4.78, 5) is 13.4. The fourth-order valence-electron chi connectivity index (χ4n) is 1.31. The highest BCUT2D eigenvalue weighted by Crippen LogP contribution is 2.22. The molecule has 4 heteroatoms. The van der Waals surface area contributed by atoms with E-state index in [2.05, 4.69) is 6.07 Å². The topological polar surface area (TPSA) is 70.1 Å². The Hall–Kier alpha value is -1.08. The van der Waals surface area contributed by atoms with Gasteiger partial charge in [-0.05, 0) is 5.41 Å². The zero-order valence-corrected chi connectivity index (χ0v) is 8.95. The average molecular weight is 195 g/mol.